The van der Waals surface area contributed by atoms with E-state index in [0.717, 1.165) is 20.0 Å². The van der Waals surface area contributed by atoms with Gasteiger partial charge < -0.3 is 0 Å². The van der Waals surface area contributed by atoms with Gasteiger partial charge in [-0.05, 0) is 38.1 Å². The second-order valence-electron chi connectivity index (χ2n) is 8.70. The van der Waals surface area contributed by atoms with Gasteiger partial charge in [-0.15, -0.1) is 19.0 Å². The Balaban J connectivity index is 1.76. The van der Waals surface area contributed by atoms with Gasteiger partial charge in [0.25, 0.3) is 20.0 Å². The van der Waals surface area contributed by atoms with Gasteiger partial charge in [0.15, 0.2) is 11.7 Å². The minimum atomic E-state index is -4.26. The fourth-order valence-electron chi connectivity index (χ4n) is 3.81. The Hall–Kier alpha value is -4.28. The molecule has 0 aliphatic carbocycles. The molecular weight excluding hydrogens is 520 g/mol. The first-order chi connectivity index (χ1) is 18.2. The zero-order valence-electron chi connectivity index (χ0n) is 20.6. The van der Waals surface area contributed by atoms with E-state index in [9.17, 15) is 16.8 Å². The number of hydrazone groups is 2. The summed E-state index contributed by atoms with van der Waals surface area (Å²) in [6, 6.07) is 29.7. The van der Waals surface area contributed by atoms with Gasteiger partial charge in [-0.1, -0.05) is 96.1 Å². The first kappa shape index (κ1) is 25.4. The third kappa shape index (κ3) is 4.71. The minimum absolute atomic E-state index is 0.00210. The van der Waals surface area contributed by atoms with E-state index < -0.39 is 20.0 Å². The molecule has 1 aliphatic rings. The average molecular weight is 545 g/mol. The van der Waals surface area contributed by atoms with Crippen LogP contribution < -0.4 is 0 Å². The van der Waals surface area contributed by atoms with Crippen LogP contribution in [-0.2, 0) is 20.0 Å². The lowest BCUT2D eigenvalue weighted by Gasteiger charge is -2.31. The molecule has 10 heteroatoms. The molecule has 4 aromatic carbocycles. The first-order valence-corrected chi connectivity index (χ1v) is 14.6. The van der Waals surface area contributed by atoms with Crippen molar-refractivity contribution in [1.29, 1.82) is 0 Å². The predicted molar refractivity (Wildman–Crippen MR) is 146 cm³/mol. The molecule has 5 rings (SSSR count). The Kier molecular flexibility index (Phi) is 6.60. The number of hydrogen-bond donors (Lipinski definition) is 0. The number of hydrogen-bond acceptors (Lipinski definition) is 6. The third-order valence-corrected chi connectivity index (χ3v) is 9.05. The molecule has 0 bridgehead atoms. The van der Waals surface area contributed by atoms with Crippen molar-refractivity contribution in [3.8, 4) is 0 Å². The summed E-state index contributed by atoms with van der Waals surface area (Å²) < 4.78 is 57.2. The van der Waals surface area contributed by atoms with Crippen LogP contribution in [0.15, 0.2) is 129 Å². The maximum atomic E-state index is 13.9. The summed E-state index contributed by atoms with van der Waals surface area (Å²) in [5, 5.41) is 8.90. The molecule has 0 spiro atoms. The number of sulfonamides is 2. The fourth-order valence-corrected chi connectivity index (χ4v) is 6.28. The molecule has 1 heterocycles. The van der Waals surface area contributed by atoms with Crippen molar-refractivity contribution in [1.82, 2.24) is 8.83 Å². The van der Waals surface area contributed by atoms with Crippen LogP contribution in [0.3, 0.4) is 0 Å². The quantitative estimate of drug-likeness (QED) is 0.351. The summed E-state index contributed by atoms with van der Waals surface area (Å²) in [5.74, 6) is -0.303. The lowest BCUT2D eigenvalue weighted by molar-refractivity contribution is 0.488. The second kappa shape index (κ2) is 9.88. The average Bonchev–Trinajstić information content (AvgIpc) is 2.94. The normalized spacial score (nSPS) is 14.2. The fraction of sp³-hybridized carbons (Fsp3) is 0.0714. The molecular formula is C28H24N4O4S2. The summed E-state index contributed by atoms with van der Waals surface area (Å²) in [7, 11) is -8.53. The molecule has 0 amide bonds. The smallest absolute Gasteiger partial charge is 0.199 e. The third-order valence-electron chi connectivity index (χ3n) is 5.89. The molecule has 0 fully saturated rings. The van der Waals surface area contributed by atoms with Gasteiger partial charge in [0.2, 0.25) is 0 Å². The van der Waals surface area contributed by atoms with Crippen molar-refractivity contribution < 1.29 is 16.8 Å². The maximum Gasteiger partial charge on any atom is 0.285 e. The summed E-state index contributed by atoms with van der Waals surface area (Å²) in [5.41, 5.74) is 2.54. The van der Waals surface area contributed by atoms with Gasteiger partial charge >= 0.3 is 0 Å². The zero-order chi connectivity index (χ0) is 26.9. The molecule has 38 heavy (non-hydrogen) atoms. The van der Waals surface area contributed by atoms with Gasteiger partial charge in [-0.25, -0.2) is 0 Å². The molecule has 1 aliphatic heterocycles. The monoisotopic (exact) mass is 544 g/mol. The van der Waals surface area contributed by atoms with Crippen molar-refractivity contribution in [2.75, 3.05) is 0 Å². The molecule has 4 aromatic rings. The van der Waals surface area contributed by atoms with Crippen LogP contribution in [0.4, 0.5) is 0 Å². The highest BCUT2D eigenvalue weighted by atomic mass is 32.2. The van der Waals surface area contributed by atoms with Crippen LogP contribution in [0.5, 0.6) is 0 Å². The molecule has 0 radical (unpaired) electrons. The van der Waals surface area contributed by atoms with E-state index in [1.165, 1.54) is 24.3 Å². The van der Waals surface area contributed by atoms with E-state index in [2.05, 4.69) is 10.2 Å². The number of benzene rings is 4. The largest absolute Gasteiger partial charge is 0.285 e. The Labute approximate surface area is 222 Å². The molecule has 0 atom stereocenters. The van der Waals surface area contributed by atoms with Gasteiger partial charge in [-0.2, -0.15) is 16.8 Å². The van der Waals surface area contributed by atoms with Crippen LogP contribution in [0.25, 0.3) is 0 Å². The second-order valence-corrected chi connectivity index (χ2v) is 12.2. The van der Waals surface area contributed by atoms with Gasteiger partial charge in [0.1, 0.15) is 0 Å². The molecule has 0 aromatic heterocycles. The number of amidine groups is 2. The van der Waals surface area contributed by atoms with Crippen LogP contribution in [0.1, 0.15) is 22.3 Å². The van der Waals surface area contributed by atoms with Crippen LogP contribution in [0.2, 0.25) is 0 Å². The van der Waals surface area contributed by atoms with E-state index in [0.29, 0.717) is 11.1 Å². The minimum Gasteiger partial charge on any atom is -0.199 e. The van der Waals surface area contributed by atoms with Crippen molar-refractivity contribution in [3.05, 3.63) is 131 Å². The van der Waals surface area contributed by atoms with Gasteiger partial charge in [-0.3, -0.25) is 0 Å². The van der Waals surface area contributed by atoms with Crippen LogP contribution >= 0.6 is 0 Å². The highest BCUT2D eigenvalue weighted by Gasteiger charge is 2.39. The van der Waals surface area contributed by atoms with Crippen LogP contribution in [-0.4, -0.2) is 37.3 Å². The molecule has 0 saturated heterocycles. The molecule has 0 saturated carbocycles. The summed E-state index contributed by atoms with van der Waals surface area (Å²) >= 11 is 0. The molecule has 0 N–H and O–H groups in total. The number of aryl methyl sites for hydroxylation is 2. The van der Waals surface area contributed by atoms with Gasteiger partial charge in [0.05, 0.1) is 9.79 Å². The van der Waals surface area contributed by atoms with E-state index in [1.54, 1.807) is 84.9 Å². The lowest BCUT2D eigenvalue weighted by atomic mass is 10.2. The highest BCUT2D eigenvalue weighted by molar-refractivity contribution is 7.90. The van der Waals surface area contributed by atoms with Crippen molar-refractivity contribution >= 4 is 31.7 Å². The van der Waals surface area contributed by atoms with E-state index >= 15 is 0 Å². The van der Waals surface area contributed by atoms with Crippen molar-refractivity contribution in [2.24, 2.45) is 10.2 Å². The van der Waals surface area contributed by atoms with E-state index in [1.807, 2.05) is 13.8 Å². The SMILES string of the molecule is Cc1ccc(S(=O)(=O)N2N=C(c3ccccc3)N(S(=O)(=O)c3ccc(C)cc3)N=C2c2ccccc2)cc1. The Morgan fingerprint density at radius 1 is 0.474 bits per heavy atom. The Bertz CT molecular complexity index is 1600. The van der Waals surface area contributed by atoms with Crippen molar-refractivity contribution in [2.45, 2.75) is 23.6 Å². The number of nitrogens with zero attached hydrogens (tertiary/aromatic N) is 4. The highest BCUT2D eigenvalue weighted by Crippen LogP contribution is 2.29. The lowest BCUT2D eigenvalue weighted by Crippen LogP contribution is -2.45. The predicted octanol–water partition coefficient (Wildman–Crippen LogP) is 4.72. The molecule has 8 nitrogen and oxygen atoms in total. The first-order valence-electron chi connectivity index (χ1n) is 11.7. The van der Waals surface area contributed by atoms with E-state index in [-0.39, 0.29) is 21.5 Å². The van der Waals surface area contributed by atoms with Crippen molar-refractivity contribution in [3.63, 3.8) is 0 Å². The summed E-state index contributed by atoms with van der Waals surface area (Å²) in [6.07, 6.45) is 0. The summed E-state index contributed by atoms with van der Waals surface area (Å²) in [4.78, 5) is -0.00420. The standard InChI is InChI=1S/C28H24N4O4S2/c1-21-13-17-25(18-14-21)37(33,34)31-27(23-9-5-3-6-10-23)30-32(28(29-31)24-11-7-4-8-12-24)38(35,36)26-19-15-22(2)16-20-26/h3-20H,1-2H3. The molecule has 192 valence electrons. The zero-order valence-corrected chi connectivity index (χ0v) is 22.3. The topological polar surface area (TPSA) is 99.5 Å². The Morgan fingerprint density at radius 2 is 0.789 bits per heavy atom. The maximum absolute atomic E-state index is 13.9. The van der Waals surface area contributed by atoms with E-state index in [4.69, 9.17) is 0 Å². The molecule has 0 unspecified atom stereocenters. The van der Waals surface area contributed by atoms with Gasteiger partial charge in [0, 0.05) is 11.1 Å². The Morgan fingerprint density at radius 3 is 1.11 bits per heavy atom. The van der Waals surface area contributed by atoms with Crippen LogP contribution in [0, 0.1) is 13.8 Å². The number of rotatable bonds is 6. The summed E-state index contributed by atoms with van der Waals surface area (Å²) in [6.45, 7) is 3.71.